The summed E-state index contributed by atoms with van der Waals surface area (Å²) in [6, 6.07) is 19.0. The molecule has 0 atom stereocenters. The van der Waals surface area contributed by atoms with E-state index in [1.807, 2.05) is 55.4 Å². The van der Waals surface area contributed by atoms with Gasteiger partial charge in [-0.25, -0.2) is 39.9 Å². The Morgan fingerprint density at radius 1 is 0.609 bits per heavy atom. The Balaban J connectivity index is 0.000000597. The van der Waals surface area contributed by atoms with Crippen molar-refractivity contribution in [3.05, 3.63) is 34.9 Å². The molecule has 0 aliphatic heterocycles. The van der Waals surface area contributed by atoms with Crippen molar-refractivity contribution in [2.75, 3.05) is 13.1 Å². The average molecular weight is 633 g/mol. The van der Waals surface area contributed by atoms with Crippen LogP contribution in [-0.4, -0.2) is 67.3 Å². The molecule has 4 rings (SSSR count). The van der Waals surface area contributed by atoms with Crippen LogP contribution in [0.1, 0.15) is 124 Å². The number of hydrogen-bond acceptors (Lipinski definition) is 8. The van der Waals surface area contributed by atoms with E-state index in [0.717, 1.165) is 37.8 Å². The van der Waals surface area contributed by atoms with Crippen LogP contribution in [0.3, 0.4) is 0 Å². The van der Waals surface area contributed by atoms with Gasteiger partial charge in [0.1, 0.15) is 0 Å². The highest BCUT2D eigenvalue weighted by Crippen LogP contribution is 2.55. The Bertz CT molecular complexity index is 1130. The van der Waals surface area contributed by atoms with Gasteiger partial charge in [0.2, 0.25) is 0 Å². The zero-order valence-electron chi connectivity index (χ0n) is 31.2. The van der Waals surface area contributed by atoms with Crippen LogP contribution in [0.2, 0.25) is 0 Å². The molecule has 0 N–H and O–H groups in total. The maximum absolute atomic E-state index is 4.28. The summed E-state index contributed by atoms with van der Waals surface area (Å²) in [4.78, 5) is 32.6. The van der Waals surface area contributed by atoms with Crippen molar-refractivity contribution in [2.24, 2.45) is 51.8 Å². The van der Waals surface area contributed by atoms with Crippen molar-refractivity contribution in [1.29, 1.82) is 0 Å². The van der Waals surface area contributed by atoms with Crippen LogP contribution in [0.25, 0.3) is 0 Å². The number of aryl methyl sites for hydroxylation is 2. The second kappa shape index (κ2) is 26.9. The quantitative estimate of drug-likeness (QED) is 0.153. The van der Waals surface area contributed by atoms with Crippen molar-refractivity contribution < 1.29 is 0 Å². The SMILES string of the molecule is CC(C)N=C=NC1C2CC1C2.CCCCN=C=NC(C)C.CCCCN=C=NC(C)C.Cc1cccc(C)c1CN=C=NC(C)C. The highest BCUT2D eigenvalue weighted by molar-refractivity contribution is 5.44. The molecular weight excluding hydrogens is 568 g/mol. The lowest BCUT2D eigenvalue weighted by Gasteiger charge is -2.55. The Hall–Kier alpha value is -3.26. The van der Waals surface area contributed by atoms with E-state index in [0.29, 0.717) is 30.7 Å². The second-order valence-corrected chi connectivity index (χ2v) is 13.1. The van der Waals surface area contributed by atoms with Crippen molar-refractivity contribution in [2.45, 2.75) is 158 Å². The lowest BCUT2D eigenvalue weighted by molar-refractivity contribution is -0.0150. The van der Waals surface area contributed by atoms with E-state index in [4.69, 9.17) is 0 Å². The average Bonchev–Trinajstić information content (AvgIpc) is 2.94. The van der Waals surface area contributed by atoms with E-state index in [-0.39, 0.29) is 6.04 Å². The zero-order valence-corrected chi connectivity index (χ0v) is 31.2. The third-order valence-electron chi connectivity index (χ3n) is 6.99. The largest absolute Gasteiger partial charge is 0.226 e. The molecular formula is C38H64N8. The third kappa shape index (κ3) is 22.3. The standard InChI is InChI=1S/C13H18N2.C9H14N2.2C8H16N2/c1-10(2)15-9-14-8-13-11(3)6-5-7-12(13)4;1-6(2)10-5-11-9-7-3-8(9)4-7;2*1-4-5-6-9-7-10-8(2)3/h5-7,10H,8H2,1-4H3;6-9H,3-4H2,1-2H3;2*8H,4-6H2,1-3H3. The first kappa shape index (κ1) is 42.7. The minimum Gasteiger partial charge on any atom is -0.226 e. The van der Waals surface area contributed by atoms with Crippen LogP contribution in [-0.2, 0) is 6.54 Å². The predicted octanol–water partition coefficient (Wildman–Crippen LogP) is 10.1. The lowest BCUT2D eigenvalue weighted by Crippen LogP contribution is -2.53. The number of rotatable bonds is 13. The minimum absolute atomic E-state index is 0.270. The highest BCUT2D eigenvalue weighted by atomic mass is 14.9. The van der Waals surface area contributed by atoms with Crippen molar-refractivity contribution in [3.63, 3.8) is 0 Å². The summed E-state index contributed by atoms with van der Waals surface area (Å²) in [5.74, 6) is 1.80. The maximum Gasteiger partial charge on any atom is 0.0898 e. The smallest absolute Gasteiger partial charge is 0.0898 e. The molecule has 8 nitrogen and oxygen atoms in total. The van der Waals surface area contributed by atoms with Crippen molar-refractivity contribution in [1.82, 2.24) is 0 Å². The fraction of sp³-hybridized carbons (Fsp3) is 0.737. The molecule has 0 unspecified atom stereocenters. The molecule has 0 heterocycles. The van der Waals surface area contributed by atoms with Crippen molar-refractivity contribution in [3.8, 4) is 0 Å². The van der Waals surface area contributed by atoms with Crippen LogP contribution < -0.4 is 0 Å². The normalized spacial score (nSPS) is 16.5. The molecule has 3 aliphatic rings. The fourth-order valence-electron chi connectivity index (χ4n) is 3.94. The highest BCUT2D eigenvalue weighted by Gasteiger charge is 2.52. The monoisotopic (exact) mass is 633 g/mol. The Morgan fingerprint density at radius 3 is 1.35 bits per heavy atom. The molecule has 0 spiro atoms. The molecule has 3 aliphatic carbocycles. The molecule has 0 aromatic heterocycles. The summed E-state index contributed by atoms with van der Waals surface area (Å²) >= 11 is 0. The third-order valence-corrected chi connectivity index (χ3v) is 6.99. The van der Waals surface area contributed by atoms with E-state index in [9.17, 15) is 0 Å². The summed E-state index contributed by atoms with van der Waals surface area (Å²) < 4.78 is 0. The molecule has 0 amide bonds. The molecule has 46 heavy (non-hydrogen) atoms. The van der Waals surface area contributed by atoms with Gasteiger partial charge >= 0.3 is 0 Å². The van der Waals surface area contributed by atoms with E-state index in [2.05, 4.69) is 110 Å². The van der Waals surface area contributed by atoms with Gasteiger partial charge in [-0.2, -0.15) is 0 Å². The lowest BCUT2D eigenvalue weighted by atomic mass is 9.52. The molecule has 3 fully saturated rings. The molecule has 256 valence electrons. The van der Waals surface area contributed by atoms with Gasteiger partial charge in [0.25, 0.3) is 0 Å². The Morgan fingerprint density at radius 2 is 1.00 bits per heavy atom. The molecule has 1 aromatic carbocycles. The summed E-state index contributed by atoms with van der Waals surface area (Å²) in [7, 11) is 0. The number of unbranched alkanes of at least 4 members (excludes halogenated alkanes) is 2. The van der Waals surface area contributed by atoms with Crippen LogP contribution in [0, 0.1) is 25.7 Å². The summed E-state index contributed by atoms with van der Waals surface area (Å²) in [5.41, 5.74) is 3.85. The van der Waals surface area contributed by atoms with Gasteiger partial charge in [0.15, 0.2) is 0 Å². The summed E-state index contributed by atoms with van der Waals surface area (Å²) in [5, 5.41) is 0. The molecule has 2 bridgehead atoms. The van der Waals surface area contributed by atoms with Crippen LogP contribution in [0.5, 0.6) is 0 Å². The Kier molecular flexibility index (Phi) is 25.0. The topological polar surface area (TPSA) is 98.9 Å². The van der Waals surface area contributed by atoms with Gasteiger partial charge in [-0.3, -0.25) is 0 Å². The van der Waals surface area contributed by atoms with Crippen molar-refractivity contribution >= 4 is 24.0 Å². The van der Waals surface area contributed by atoms with Gasteiger partial charge in [-0.05, 0) is 123 Å². The predicted molar refractivity (Wildman–Crippen MR) is 199 cm³/mol. The van der Waals surface area contributed by atoms with Crippen LogP contribution >= 0.6 is 0 Å². The first-order valence-electron chi connectivity index (χ1n) is 17.5. The van der Waals surface area contributed by atoms with Gasteiger partial charge in [0, 0.05) is 13.1 Å². The van der Waals surface area contributed by atoms with Gasteiger partial charge < -0.3 is 0 Å². The summed E-state index contributed by atoms with van der Waals surface area (Å²) in [6.45, 7) is 27.1. The molecule has 1 aromatic rings. The zero-order chi connectivity index (χ0) is 34.7. The Labute approximate surface area is 281 Å². The first-order valence-corrected chi connectivity index (χ1v) is 17.5. The van der Waals surface area contributed by atoms with Gasteiger partial charge in [-0.1, -0.05) is 44.9 Å². The van der Waals surface area contributed by atoms with E-state index < -0.39 is 0 Å². The van der Waals surface area contributed by atoms with Crippen LogP contribution in [0.15, 0.2) is 58.1 Å². The van der Waals surface area contributed by atoms with E-state index in [1.165, 1.54) is 42.4 Å². The van der Waals surface area contributed by atoms with E-state index in [1.54, 1.807) is 0 Å². The number of aliphatic imine (C=N–C) groups is 8. The first-order chi connectivity index (χ1) is 21.9. The number of hydrogen-bond donors (Lipinski definition) is 0. The van der Waals surface area contributed by atoms with Gasteiger partial charge in [-0.15, -0.1) is 0 Å². The number of nitrogens with zero attached hydrogens (tertiary/aromatic N) is 8. The molecule has 3 saturated carbocycles. The van der Waals surface area contributed by atoms with Crippen LogP contribution in [0.4, 0.5) is 0 Å². The van der Waals surface area contributed by atoms with Gasteiger partial charge in [0.05, 0.1) is 60.8 Å². The fourth-order valence-corrected chi connectivity index (χ4v) is 3.94. The molecule has 8 heteroatoms. The number of benzene rings is 1. The summed E-state index contributed by atoms with van der Waals surface area (Å²) in [6.07, 6.45) is 7.48. The minimum atomic E-state index is 0.270. The maximum atomic E-state index is 4.28. The van der Waals surface area contributed by atoms with E-state index >= 15 is 0 Å². The second-order valence-electron chi connectivity index (χ2n) is 13.1. The molecule has 0 radical (unpaired) electrons. The molecule has 0 saturated heterocycles.